The van der Waals surface area contributed by atoms with Crippen LogP contribution in [-0.2, 0) is 4.79 Å². The second kappa shape index (κ2) is 6.39. The Kier molecular flexibility index (Phi) is 4.26. The smallest absolute Gasteiger partial charge is 0.395 e. The van der Waals surface area contributed by atoms with Gasteiger partial charge in [-0.2, -0.15) is 0 Å². The van der Waals surface area contributed by atoms with Gasteiger partial charge in [0.05, 0.1) is 12.0 Å². The summed E-state index contributed by atoms with van der Waals surface area (Å²) >= 11 is 0. The van der Waals surface area contributed by atoms with Gasteiger partial charge < -0.3 is 14.6 Å². The van der Waals surface area contributed by atoms with E-state index >= 15 is 0 Å². The zero-order chi connectivity index (χ0) is 18.1. The normalized spacial score (nSPS) is 14.1. The van der Waals surface area contributed by atoms with Crippen LogP contribution >= 0.6 is 0 Å². The third-order valence-corrected chi connectivity index (χ3v) is 4.30. The number of carbonyl (C=O) groups is 2. The fourth-order valence-corrected chi connectivity index (χ4v) is 2.57. The highest BCUT2D eigenvalue weighted by Gasteiger charge is 2.37. The van der Waals surface area contributed by atoms with Gasteiger partial charge in [-0.25, -0.2) is 0 Å². The molecular weight excluding hydrogens is 326 g/mol. The zero-order valence-corrected chi connectivity index (χ0v) is 13.8. The van der Waals surface area contributed by atoms with Crippen molar-refractivity contribution in [3.63, 3.8) is 0 Å². The van der Waals surface area contributed by atoms with E-state index in [9.17, 15) is 19.7 Å². The summed E-state index contributed by atoms with van der Waals surface area (Å²) in [6.07, 6.45) is 0. The number of benzene rings is 1. The average molecular weight is 343 g/mol. The largest absolute Gasteiger partial charge is 0.433 e. The Morgan fingerprint density at radius 2 is 1.92 bits per heavy atom. The Morgan fingerprint density at radius 3 is 2.52 bits per heavy atom. The molecule has 8 heteroatoms. The number of rotatable bonds is 4. The van der Waals surface area contributed by atoms with Crippen LogP contribution in [-0.4, -0.2) is 34.7 Å². The number of aryl methyl sites for hydroxylation is 2. The topological polar surface area (TPSA) is 106 Å². The number of nitrogens with one attached hydrogen (secondary N) is 1. The molecule has 0 aliphatic carbocycles. The van der Waals surface area contributed by atoms with Crippen LogP contribution in [0.1, 0.15) is 21.7 Å². The molecule has 0 saturated carbocycles. The minimum absolute atomic E-state index is 0.0975. The lowest BCUT2D eigenvalue weighted by molar-refractivity contribution is -0.402. The van der Waals surface area contributed by atoms with Crippen LogP contribution in [0.3, 0.4) is 0 Å². The van der Waals surface area contributed by atoms with Crippen molar-refractivity contribution in [2.24, 2.45) is 5.92 Å². The molecule has 0 spiro atoms. The molecule has 1 aromatic heterocycles. The molecule has 1 aliphatic rings. The number of amides is 2. The Hall–Kier alpha value is -3.16. The summed E-state index contributed by atoms with van der Waals surface area (Å²) in [4.78, 5) is 35.7. The van der Waals surface area contributed by atoms with Gasteiger partial charge in [0.15, 0.2) is 5.76 Å². The van der Waals surface area contributed by atoms with Gasteiger partial charge in [-0.1, -0.05) is 6.07 Å². The van der Waals surface area contributed by atoms with E-state index in [0.717, 1.165) is 22.9 Å². The second-order valence-corrected chi connectivity index (χ2v) is 6.09. The van der Waals surface area contributed by atoms with Crippen molar-refractivity contribution in [2.45, 2.75) is 13.8 Å². The van der Waals surface area contributed by atoms with Crippen molar-refractivity contribution in [3.8, 4) is 0 Å². The Labute approximate surface area is 143 Å². The predicted molar refractivity (Wildman–Crippen MR) is 89.3 cm³/mol. The van der Waals surface area contributed by atoms with E-state index in [2.05, 4.69) is 5.32 Å². The van der Waals surface area contributed by atoms with Crippen LogP contribution in [0.4, 0.5) is 11.6 Å². The number of nitro groups is 1. The van der Waals surface area contributed by atoms with Gasteiger partial charge in [-0.05, 0) is 43.2 Å². The third kappa shape index (κ3) is 3.37. The van der Waals surface area contributed by atoms with E-state index in [1.54, 1.807) is 0 Å². The molecule has 0 bridgehead atoms. The number of likely N-dealkylation sites (tertiary alicyclic amines) is 1. The zero-order valence-electron chi connectivity index (χ0n) is 13.8. The maximum Gasteiger partial charge on any atom is 0.433 e. The molecule has 3 rings (SSSR count). The lowest BCUT2D eigenvalue weighted by Crippen LogP contribution is -2.54. The number of furan rings is 1. The lowest BCUT2D eigenvalue weighted by atomic mass is 9.98. The van der Waals surface area contributed by atoms with Crippen LogP contribution in [0.15, 0.2) is 34.7 Å². The first-order chi connectivity index (χ1) is 11.8. The summed E-state index contributed by atoms with van der Waals surface area (Å²) in [5.41, 5.74) is 2.95. The number of hydrogen-bond acceptors (Lipinski definition) is 5. The van der Waals surface area contributed by atoms with Crippen molar-refractivity contribution in [1.82, 2.24) is 4.90 Å². The lowest BCUT2D eigenvalue weighted by Gasteiger charge is -2.37. The molecule has 0 atom stereocenters. The Morgan fingerprint density at radius 1 is 1.20 bits per heavy atom. The second-order valence-electron chi connectivity index (χ2n) is 6.09. The van der Waals surface area contributed by atoms with Crippen LogP contribution in [0.5, 0.6) is 0 Å². The molecule has 2 aromatic rings. The summed E-state index contributed by atoms with van der Waals surface area (Å²) < 4.78 is 4.89. The standard InChI is InChI=1S/C17H17N3O5/c1-10-3-4-13(7-11(10)2)18-16(21)12-8-19(9-12)17(22)14-5-6-15(25-14)20(23)24/h3-7,12H,8-9H2,1-2H3,(H,18,21). The van der Waals surface area contributed by atoms with Gasteiger partial charge in [-0.15, -0.1) is 0 Å². The van der Waals surface area contributed by atoms with E-state index in [0.29, 0.717) is 0 Å². The monoisotopic (exact) mass is 343 g/mol. The number of nitrogens with zero attached hydrogens (tertiary/aromatic N) is 2. The molecule has 1 aliphatic heterocycles. The average Bonchev–Trinajstić information content (AvgIpc) is 2.99. The predicted octanol–water partition coefficient (Wildman–Crippen LogP) is 2.52. The SMILES string of the molecule is Cc1ccc(NC(=O)C2CN(C(=O)c3ccc([N+](=O)[O-])o3)C2)cc1C. The van der Waals surface area contributed by atoms with Crippen molar-refractivity contribution >= 4 is 23.4 Å². The van der Waals surface area contributed by atoms with Crippen molar-refractivity contribution in [1.29, 1.82) is 0 Å². The highest BCUT2D eigenvalue weighted by atomic mass is 16.6. The van der Waals surface area contributed by atoms with Gasteiger partial charge in [0.25, 0.3) is 5.91 Å². The first-order valence-electron chi connectivity index (χ1n) is 7.77. The molecule has 2 amide bonds. The van der Waals surface area contributed by atoms with Crippen molar-refractivity contribution in [3.05, 3.63) is 57.3 Å². The highest BCUT2D eigenvalue weighted by Crippen LogP contribution is 2.24. The summed E-state index contributed by atoms with van der Waals surface area (Å²) in [7, 11) is 0. The molecule has 1 saturated heterocycles. The molecule has 1 N–H and O–H groups in total. The van der Waals surface area contributed by atoms with Crippen molar-refractivity contribution < 1.29 is 18.9 Å². The maximum absolute atomic E-state index is 12.2. The van der Waals surface area contributed by atoms with Crippen LogP contribution in [0.2, 0.25) is 0 Å². The number of anilines is 1. The molecule has 1 aromatic carbocycles. The fraction of sp³-hybridized carbons (Fsp3) is 0.294. The van der Waals surface area contributed by atoms with E-state index < -0.39 is 16.7 Å². The molecule has 130 valence electrons. The van der Waals surface area contributed by atoms with E-state index in [4.69, 9.17) is 4.42 Å². The van der Waals surface area contributed by atoms with Gasteiger partial charge in [0.1, 0.15) is 4.92 Å². The maximum atomic E-state index is 12.2. The summed E-state index contributed by atoms with van der Waals surface area (Å²) in [5.74, 6) is -1.50. The van der Waals surface area contributed by atoms with Crippen molar-refractivity contribution in [2.75, 3.05) is 18.4 Å². The third-order valence-electron chi connectivity index (χ3n) is 4.30. The molecule has 8 nitrogen and oxygen atoms in total. The fourth-order valence-electron chi connectivity index (χ4n) is 2.57. The van der Waals surface area contributed by atoms with Crippen LogP contribution in [0, 0.1) is 29.9 Å². The van der Waals surface area contributed by atoms with Gasteiger partial charge in [-0.3, -0.25) is 19.7 Å². The first kappa shape index (κ1) is 16.7. The molecule has 0 unspecified atom stereocenters. The molecule has 0 radical (unpaired) electrons. The quantitative estimate of drug-likeness (QED) is 0.678. The minimum atomic E-state index is -0.702. The van der Waals surface area contributed by atoms with E-state index in [-0.39, 0.29) is 30.7 Å². The van der Waals surface area contributed by atoms with E-state index in [1.807, 2.05) is 32.0 Å². The van der Waals surface area contributed by atoms with Crippen LogP contribution < -0.4 is 5.32 Å². The molecule has 1 fully saturated rings. The minimum Gasteiger partial charge on any atom is -0.395 e. The Balaban J connectivity index is 1.55. The summed E-state index contributed by atoms with van der Waals surface area (Å²) in [5, 5.41) is 13.4. The van der Waals surface area contributed by atoms with Gasteiger partial charge >= 0.3 is 5.88 Å². The molecule has 25 heavy (non-hydrogen) atoms. The highest BCUT2D eigenvalue weighted by molar-refractivity contribution is 5.97. The molecule has 2 heterocycles. The summed E-state index contributed by atoms with van der Waals surface area (Å²) in [6.45, 7) is 4.47. The Bertz CT molecular complexity index is 852. The number of carbonyl (C=O) groups excluding carboxylic acids is 2. The van der Waals surface area contributed by atoms with E-state index in [1.165, 1.54) is 11.0 Å². The first-order valence-corrected chi connectivity index (χ1v) is 7.77. The molecular formula is C17H17N3O5. The number of hydrogen-bond donors (Lipinski definition) is 1. The van der Waals surface area contributed by atoms with Gasteiger partial charge in [0.2, 0.25) is 5.91 Å². The summed E-state index contributed by atoms with van der Waals surface area (Å²) in [6, 6.07) is 8.08. The van der Waals surface area contributed by atoms with Gasteiger partial charge in [0, 0.05) is 18.8 Å². The van der Waals surface area contributed by atoms with Crippen LogP contribution in [0.25, 0.3) is 0 Å².